The fourth-order valence-electron chi connectivity index (χ4n) is 5.22. The third kappa shape index (κ3) is 6.89. The topological polar surface area (TPSA) is 100 Å². The van der Waals surface area contributed by atoms with Gasteiger partial charge in [-0.2, -0.15) is 0 Å². The zero-order valence-corrected chi connectivity index (χ0v) is 24.3. The summed E-state index contributed by atoms with van der Waals surface area (Å²) in [4.78, 5) is 30.3. The molecule has 11 heteroatoms. The van der Waals surface area contributed by atoms with Crippen molar-refractivity contribution in [1.82, 2.24) is 4.90 Å². The van der Waals surface area contributed by atoms with E-state index in [0.717, 1.165) is 46.6 Å². The van der Waals surface area contributed by atoms with Crippen LogP contribution in [0.15, 0.2) is 66.7 Å². The molecule has 0 N–H and O–H groups in total. The van der Waals surface area contributed by atoms with E-state index in [1.807, 2.05) is 30.3 Å². The van der Waals surface area contributed by atoms with Crippen LogP contribution in [0.1, 0.15) is 32.1 Å². The Labute approximate surface area is 251 Å². The van der Waals surface area contributed by atoms with E-state index in [1.54, 1.807) is 24.3 Å². The Bertz CT molecular complexity index is 1600. The number of esters is 1. The molecule has 0 spiro atoms. The molecule has 9 nitrogen and oxygen atoms in total. The van der Waals surface area contributed by atoms with Crippen LogP contribution in [0.2, 0.25) is 0 Å². The quantitative estimate of drug-likeness (QED) is 0.0719. The highest BCUT2D eigenvalue weighted by molar-refractivity contribution is 7.21. The van der Waals surface area contributed by atoms with E-state index in [2.05, 4.69) is 9.74 Å². The molecule has 0 bridgehead atoms. The van der Waals surface area contributed by atoms with Gasteiger partial charge in [-0.1, -0.05) is 29.9 Å². The molecular weight excluding hydrogens is 575 g/mol. The zero-order chi connectivity index (χ0) is 29.8. The van der Waals surface area contributed by atoms with E-state index in [0.29, 0.717) is 36.0 Å². The van der Waals surface area contributed by atoms with E-state index in [4.69, 9.17) is 14.2 Å². The first-order chi connectivity index (χ1) is 20.9. The number of likely N-dealkylation sites (tertiary alicyclic amines) is 1. The molecule has 224 valence electrons. The minimum Gasteiger partial charge on any atom is -0.492 e. The maximum Gasteiger partial charge on any atom is 0.319 e. The minimum atomic E-state index is -0.992. The average molecular weight is 607 g/mol. The van der Waals surface area contributed by atoms with Crippen LogP contribution in [-0.2, 0) is 9.63 Å². The summed E-state index contributed by atoms with van der Waals surface area (Å²) in [5.74, 6) is 0.799. The van der Waals surface area contributed by atoms with Gasteiger partial charge in [0.25, 0.3) is 5.09 Å². The highest BCUT2D eigenvalue weighted by Gasteiger charge is 2.52. The van der Waals surface area contributed by atoms with Gasteiger partial charge in [0.1, 0.15) is 36.3 Å². The Morgan fingerprint density at radius 3 is 2.35 bits per heavy atom. The third-order valence-electron chi connectivity index (χ3n) is 7.86. The second kappa shape index (κ2) is 12.6. The van der Waals surface area contributed by atoms with Crippen molar-refractivity contribution in [1.29, 1.82) is 0 Å². The first-order valence-electron chi connectivity index (χ1n) is 14.3. The van der Waals surface area contributed by atoms with Crippen molar-refractivity contribution in [3.63, 3.8) is 0 Å². The second-order valence-electron chi connectivity index (χ2n) is 10.9. The predicted octanol–water partition coefficient (Wildman–Crippen LogP) is 7.26. The SMILES string of the molecule is O=C(Oc1ccc2c(-c3ccc(F)cc3)c(Oc3ccc(OCCN4CCCCC4)cc3)sc2c1)C1(CO[N+](=O)[O-])CC1. The molecule has 1 aromatic heterocycles. The molecule has 0 amide bonds. The second-order valence-corrected chi connectivity index (χ2v) is 11.9. The van der Waals surface area contributed by atoms with Gasteiger partial charge in [0, 0.05) is 22.2 Å². The van der Waals surface area contributed by atoms with Gasteiger partial charge in [-0.05, 0) is 98.9 Å². The molecule has 0 atom stereocenters. The number of thiophene rings is 1. The van der Waals surface area contributed by atoms with Crippen LogP contribution in [0, 0.1) is 21.3 Å². The van der Waals surface area contributed by atoms with Crippen molar-refractivity contribution in [3.8, 4) is 33.4 Å². The third-order valence-corrected chi connectivity index (χ3v) is 8.90. The summed E-state index contributed by atoms with van der Waals surface area (Å²) in [5, 5.41) is 11.2. The molecule has 1 aliphatic carbocycles. The molecule has 1 aliphatic heterocycles. The first kappa shape index (κ1) is 28.9. The first-order valence-corrected chi connectivity index (χ1v) is 15.2. The van der Waals surface area contributed by atoms with Gasteiger partial charge in [0.05, 0.1) is 5.41 Å². The average Bonchev–Trinajstić information content (AvgIpc) is 3.73. The fourth-order valence-corrected chi connectivity index (χ4v) is 6.34. The van der Waals surface area contributed by atoms with E-state index >= 15 is 0 Å². The van der Waals surface area contributed by atoms with Crippen LogP contribution >= 0.6 is 11.3 Å². The highest BCUT2D eigenvalue weighted by Crippen LogP contribution is 2.49. The Morgan fingerprint density at radius 2 is 1.65 bits per heavy atom. The summed E-state index contributed by atoms with van der Waals surface area (Å²) in [5.41, 5.74) is 0.575. The lowest BCUT2D eigenvalue weighted by Gasteiger charge is -2.26. The van der Waals surface area contributed by atoms with Crippen molar-refractivity contribution in [3.05, 3.63) is 82.7 Å². The van der Waals surface area contributed by atoms with Gasteiger partial charge >= 0.3 is 5.97 Å². The molecule has 0 radical (unpaired) electrons. The summed E-state index contributed by atoms with van der Waals surface area (Å²) in [6, 6.07) is 18.9. The minimum absolute atomic E-state index is 0.314. The number of piperidine rings is 1. The van der Waals surface area contributed by atoms with Crippen LogP contribution < -0.4 is 14.2 Å². The van der Waals surface area contributed by atoms with Gasteiger partial charge in [0.15, 0.2) is 5.06 Å². The number of hydrogen-bond donors (Lipinski definition) is 0. The molecule has 3 aromatic carbocycles. The van der Waals surface area contributed by atoms with Crippen LogP contribution in [0.3, 0.4) is 0 Å². The number of hydrogen-bond acceptors (Lipinski definition) is 9. The number of halogens is 1. The molecule has 1 saturated heterocycles. The molecule has 4 aromatic rings. The molecule has 1 saturated carbocycles. The number of fused-ring (bicyclic) bond motifs is 1. The molecule has 43 heavy (non-hydrogen) atoms. The molecule has 2 aliphatic rings. The summed E-state index contributed by atoms with van der Waals surface area (Å²) >= 11 is 1.37. The van der Waals surface area contributed by atoms with Gasteiger partial charge < -0.3 is 19.0 Å². The Balaban J connectivity index is 1.20. The van der Waals surface area contributed by atoms with Gasteiger partial charge in [-0.3, -0.25) is 9.69 Å². The lowest BCUT2D eigenvalue weighted by Crippen LogP contribution is -2.33. The Kier molecular flexibility index (Phi) is 8.44. The van der Waals surface area contributed by atoms with Crippen LogP contribution in [0.5, 0.6) is 22.3 Å². The number of ether oxygens (including phenoxy) is 3. The van der Waals surface area contributed by atoms with Crippen LogP contribution in [0.25, 0.3) is 21.2 Å². The predicted molar refractivity (Wildman–Crippen MR) is 160 cm³/mol. The molecule has 2 heterocycles. The number of rotatable bonds is 12. The molecular formula is C32H31FN2O7S. The van der Waals surface area contributed by atoms with E-state index in [9.17, 15) is 19.3 Å². The van der Waals surface area contributed by atoms with Crippen LogP contribution in [-0.4, -0.2) is 48.8 Å². The van der Waals surface area contributed by atoms with Crippen LogP contribution in [0.4, 0.5) is 4.39 Å². The number of nitrogens with zero attached hydrogens (tertiary/aromatic N) is 2. The van der Waals surface area contributed by atoms with E-state index < -0.39 is 16.5 Å². The largest absolute Gasteiger partial charge is 0.492 e. The van der Waals surface area contributed by atoms with Gasteiger partial charge in [-0.15, -0.1) is 10.1 Å². The van der Waals surface area contributed by atoms with Gasteiger partial charge in [0.2, 0.25) is 0 Å². The van der Waals surface area contributed by atoms with Crippen molar-refractivity contribution in [2.24, 2.45) is 5.41 Å². The van der Waals surface area contributed by atoms with Crippen molar-refractivity contribution < 1.29 is 33.3 Å². The number of carbonyl (C=O) groups is 1. The van der Waals surface area contributed by atoms with Crippen molar-refractivity contribution in [2.75, 3.05) is 32.8 Å². The molecule has 0 unspecified atom stereocenters. The Morgan fingerprint density at radius 1 is 0.953 bits per heavy atom. The molecule has 2 fully saturated rings. The summed E-state index contributed by atoms with van der Waals surface area (Å²) in [6.07, 6.45) is 4.74. The van der Waals surface area contributed by atoms with Crippen molar-refractivity contribution in [2.45, 2.75) is 32.1 Å². The highest BCUT2D eigenvalue weighted by atomic mass is 32.1. The summed E-state index contributed by atoms with van der Waals surface area (Å²) in [6.45, 7) is 3.47. The van der Waals surface area contributed by atoms with Crippen molar-refractivity contribution >= 4 is 27.4 Å². The maximum atomic E-state index is 13.8. The summed E-state index contributed by atoms with van der Waals surface area (Å²) in [7, 11) is 0. The number of benzene rings is 3. The Hall–Kier alpha value is -4.22. The lowest BCUT2D eigenvalue weighted by molar-refractivity contribution is -0.759. The van der Waals surface area contributed by atoms with Gasteiger partial charge in [-0.25, -0.2) is 4.39 Å². The van der Waals surface area contributed by atoms with E-state index in [-0.39, 0.29) is 12.4 Å². The maximum absolute atomic E-state index is 13.8. The summed E-state index contributed by atoms with van der Waals surface area (Å²) < 4.78 is 32.5. The monoisotopic (exact) mass is 606 g/mol. The lowest BCUT2D eigenvalue weighted by atomic mass is 10.0. The smallest absolute Gasteiger partial charge is 0.319 e. The standard InChI is InChI=1S/C32H31FN2O7S/c33-23-6-4-22(5-7-23)29-27-13-12-26(42-31(36)32(14-15-32)21-40-35(37)38)20-28(27)43-30(29)41-25-10-8-24(9-11-25)39-19-18-34-16-2-1-3-17-34/h4-13,20H,1-3,14-19,21H2. The zero-order valence-electron chi connectivity index (χ0n) is 23.5. The fraction of sp³-hybridized carbons (Fsp3) is 0.344. The number of carbonyl (C=O) groups excluding carboxylic acids is 1. The van der Waals surface area contributed by atoms with E-state index in [1.165, 1.54) is 42.7 Å². The normalized spacial score (nSPS) is 16.0. The molecule has 6 rings (SSSR count).